The molecular weight excluding hydrogens is 452 g/mol. The van der Waals surface area contributed by atoms with Crippen molar-refractivity contribution in [1.29, 1.82) is 0 Å². The molecule has 0 aliphatic carbocycles. The molecule has 2 aromatic carbocycles. The van der Waals surface area contributed by atoms with E-state index in [-0.39, 0.29) is 22.3 Å². The number of halogens is 1. The van der Waals surface area contributed by atoms with Crippen molar-refractivity contribution < 1.29 is 13.3 Å². The van der Waals surface area contributed by atoms with Crippen molar-refractivity contribution in [3.05, 3.63) is 63.2 Å². The van der Waals surface area contributed by atoms with E-state index >= 15 is 0 Å². The lowest BCUT2D eigenvalue weighted by molar-refractivity contribution is -0.384. The van der Waals surface area contributed by atoms with E-state index in [4.69, 9.17) is 11.6 Å². The quantitative estimate of drug-likeness (QED) is 0.440. The number of nitro groups is 1. The molecule has 1 fully saturated rings. The zero-order valence-electron chi connectivity index (χ0n) is 18.3. The molecule has 0 saturated carbocycles. The van der Waals surface area contributed by atoms with E-state index in [1.54, 1.807) is 6.07 Å². The van der Waals surface area contributed by atoms with Gasteiger partial charge in [-0.1, -0.05) is 42.6 Å². The van der Waals surface area contributed by atoms with Gasteiger partial charge in [0, 0.05) is 30.7 Å². The summed E-state index contributed by atoms with van der Waals surface area (Å²) in [6.07, 6.45) is 3.59. The number of nitrogens with one attached hydrogen (secondary N) is 1. The van der Waals surface area contributed by atoms with Crippen molar-refractivity contribution in [2.75, 3.05) is 39.0 Å². The highest BCUT2D eigenvalue weighted by Crippen LogP contribution is 2.32. The topological polar surface area (TPSA) is 95.8 Å². The van der Waals surface area contributed by atoms with Crippen LogP contribution >= 0.6 is 11.6 Å². The van der Waals surface area contributed by atoms with Crippen molar-refractivity contribution in [3.8, 4) is 0 Å². The van der Waals surface area contributed by atoms with Gasteiger partial charge in [-0.3, -0.25) is 10.1 Å². The molecule has 0 amide bonds. The maximum Gasteiger partial charge on any atom is 0.293 e. The van der Waals surface area contributed by atoms with Crippen LogP contribution in [0.15, 0.2) is 47.4 Å². The van der Waals surface area contributed by atoms with Gasteiger partial charge in [0.25, 0.3) is 5.69 Å². The fraction of sp³-hybridized carbons (Fsp3) is 0.455. The monoisotopic (exact) mass is 480 g/mol. The molecule has 3 rings (SSSR count). The minimum atomic E-state index is -3.78. The summed E-state index contributed by atoms with van der Waals surface area (Å²) in [6, 6.07) is 11.4. The van der Waals surface area contributed by atoms with Gasteiger partial charge in [0.1, 0.15) is 5.69 Å². The van der Waals surface area contributed by atoms with Crippen molar-refractivity contribution in [3.63, 3.8) is 0 Å². The Morgan fingerprint density at radius 2 is 1.78 bits per heavy atom. The number of anilines is 1. The second-order valence-electron chi connectivity index (χ2n) is 8.14. The van der Waals surface area contributed by atoms with Gasteiger partial charge in [0.05, 0.1) is 15.9 Å². The molecule has 0 radical (unpaired) electrons. The molecular formula is C22H29ClN4O4S. The first-order valence-electron chi connectivity index (χ1n) is 10.6. The largest absolute Gasteiger partial charge is 0.378 e. The Morgan fingerprint density at radius 1 is 1.12 bits per heavy atom. The fourth-order valence-electron chi connectivity index (χ4n) is 3.93. The minimum Gasteiger partial charge on any atom is -0.378 e. The maximum absolute atomic E-state index is 13.1. The predicted octanol–water partition coefficient (Wildman–Crippen LogP) is 4.53. The Kier molecular flexibility index (Phi) is 8.10. The third kappa shape index (κ3) is 5.58. The van der Waals surface area contributed by atoms with Gasteiger partial charge >= 0.3 is 0 Å². The molecule has 1 N–H and O–H groups in total. The standard InChI is InChI=1S/C22H29ClN4O4S/c1-25(2)22(18-9-5-6-10-19(18)23)16-24-20-12-11-17(15-21(20)27(28)29)32(30,31)26-13-7-3-4-8-14-26/h5-6,9-12,15,22,24H,3-4,7-8,13-14,16H2,1-2H3. The molecule has 1 saturated heterocycles. The van der Waals surface area contributed by atoms with Gasteiger partial charge in [0.15, 0.2) is 0 Å². The summed E-state index contributed by atoms with van der Waals surface area (Å²) in [5.74, 6) is 0. The van der Waals surface area contributed by atoms with Gasteiger partial charge in [0.2, 0.25) is 10.0 Å². The number of sulfonamides is 1. The Bertz CT molecular complexity index is 1050. The van der Waals surface area contributed by atoms with Crippen LogP contribution < -0.4 is 5.32 Å². The normalized spacial score (nSPS) is 16.5. The highest BCUT2D eigenvalue weighted by molar-refractivity contribution is 7.89. The maximum atomic E-state index is 13.1. The van der Waals surface area contributed by atoms with Crippen LogP contribution in [0.2, 0.25) is 5.02 Å². The second kappa shape index (κ2) is 10.6. The summed E-state index contributed by atoms with van der Waals surface area (Å²) in [5, 5.41) is 15.5. The molecule has 1 atom stereocenters. The Balaban J connectivity index is 1.86. The van der Waals surface area contributed by atoms with Gasteiger partial charge in [-0.05, 0) is 50.7 Å². The molecule has 2 aromatic rings. The minimum absolute atomic E-state index is 0.0492. The first-order chi connectivity index (χ1) is 15.2. The van der Waals surface area contributed by atoms with Crippen molar-refractivity contribution in [2.45, 2.75) is 36.6 Å². The number of nitro benzene ring substituents is 1. The third-order valence-corrected chi connectivity index (χ3v) is 7.98. The number of benzene rings is 2. The van der Waals surface area contributed by atoms with E-state index in [1.165, 1.54) is 16.4 Å². The van der Waals surface area contributed by atoms with E-state index < -0.39 is 14.9 Å². The molecule has 8 nitrogen and oxygen atoms in total. The average Bonchev–Trinajstić information content (AvgIpc) is 3.05. The molecule has 0 spiro atoms. The number of rotatable bonds is 8. The lowest BCUT2D eigenvalue weighted by Crippen LogP contribution is -2.32. The first-order valence-corrected chi connectivity index (χ1v) is 12.5. The summed E-state index contributed by atoms with van der Waals surface area (Å²) in [4.78, 5) is 13.1. The molecule has 10 heteroatoms. The van der Waals surface area contributed by atoms with E-state index in [0.29, 0.717) is 24.7 Å². The second-order valence-corrected chi connectivity index (χ2v) is 10.5. The lowest BCUT2D eigenvalue weighted by atomic mass is 10.1. The number of nitrogens with zero attached hydrogens (tertiary/aromatic N) is 3. The Labute approximate surface area is 194 Å². The van der Waals surface area contributed by atoms with Crippen molar-refractivity contribution >= 4 is 33.0 Å². The van der Waals surface area contributed by atoms with Crippen LogP contribution in [0.25, 0.3) is 0 Å². The van der Waals surface area contributed by atoms with Crippen molar-refractivity contribution in [2.24, 2.45) is 0 Å². The lowest BCUT2D eigenvalue weighted by Gasteiger charge is -2.26. The van der Waals surface area contributed by atoms with Crippen molar-refractivity contribution in [1.82, 2.24) is 9.21 Å². The van der Waals surface area contributed by atoms with E-state index in [0.717, 1.165) is 37.3 Å². The van der Waals surface area contributed by atoms with E-state index in [9.17, 15) is 18.5 Å². The summed E-state index contributed by atoms with van der Waals surface area (Å²) in [6.45, 7) is 1.24. The van der Waals surface area contributed by atoms with Crippen LogP contribution in [0.5, 0.6) is 0 Å². The molecule has 1 aliphatic rings. The SMILES string of the molecule is CN(C)C(CNc1ccc(S(=O)(=O)N2CCCCCC2)cc1[N+](=O)[O-])c1ccccc1Cl. The summed E-state index contributed by atoms with van der Waals surface area (Å²) in [5.41, 5.74) is 0.899. The van der Waals surface area contributed by atoms with Gasteiger partial charge in [-0.15, -0.1) is 0 Å². The Morgan fingerprint density at radius 3 is 2.38 bits per heavy atom. The van der Waals surface area contributed by atoms with Gasteiger partial charge in [-0.25, -0.2) is 8.42 Å². The summed E-state index contributed by atoms with van der Waals surface area (Å²) >= 11 is 6.35. The van der Waals surface area contributed by atoms with Crippen LogP contribution in [0, 0.1) is 10.1 Å². The fourth-order valence-corrected chi connectivity index (χ4v) is 5.73. The van der Waals surface area contributed by atoms with Crippen LogP contribution in [-0.2, 0) is 10.0 Å². The average molecular weight is 481 g/mol. The molecule has 1 unspecified atom stereocenters. The molecule has 0 bridgehead atoms. The third-order valence-electron chi connectivity index (χ3n) is 5.74. The molecule has 1 heterocycles. The highest BCUT2D eigenvalue weighted by atomic mass is 35.5. The first kappa shape index (κ1) is 24.4. The summed E-state index contributed by atoms with van der Waals surface area (Å²) in [7, 11) is 0.0314. The van der Waals surface area contributed by atoms with Crippen LogP contribution in [0.3, 0.4) is 0 Å². The zero-order chi connectivity index (χ0) is 23.3. The number of likely N-dealkylation sites (N-methyl/N-ethyl adjacent to an activating group) is 1. The molecule has 1 aliphatic heterocycles. The van der Waals surface area contributed by atoms with Crippen LogP contribution in [0.4, 0.5) is 11.4 Å². The van der Waals surface area contributed by atoms with Gasteiger partial charge in [-0.2, -0.15) is 4.31 Å². The number of hydrogen-bond acceptors (Lipinski definition) is 6. The number of hydrogen-bond donors (Lipinski definition) is 1. The molecule has 174 valence electrons. The zero-order valence-corrected chi connectivity index (χ0v) is 19.9. The smallest absolute Gasteiger partial charge is 0.293 e. The van der Waals surface area contributed by atoms with Crippen LogP contribution in [0.1, 0.15) is 37.3 Å². The predicted molar refractivity (Wildman–Crippen MR) is 127 cm³/mol. The summed E-state index contributed by atoms with van der Waals surface area (Å²) < 4.78 is 27.6. The highest BCUT2D eigenvalue weighted by Gasteiger charge is 2.28. The van der Waals surface area contributed by atoms with Gasteiger partial charge < -0.3 is 10.2 Å². The van der Waals surface area contributed by atoms with Crippen LogP contribution in [-0.4, -0.2) is 56.3 Å². The molecule has 32 heavy (non-hydrogen) atoms. The van der Waals surface area contributed by atoms with E-state index in [1.807, 2.05) is 37.2 Å². The Hall–Kier alpha value is -2.20. The molecule has 0 aromatic heterocycles. The van der Waals surface area contributed by atoms with E-state index in [2.05, 4.69) is 5.32 Å².